The summed E-state index contributed by atoms with van der Waals surface area (Å²) in [6.07, 6.45) is 0. The number of fused-ring (bicyclic) bond motifs is 1. The normalized spacial score (nSPS) is 12.7. The van der Waals surface area contributed by atoms with Crippen LogP contribution in [0.4, 0.5) is 0 Å². The fourth-order valence-electron chi connectivity index (χ4n) is 4.06. The van der Waals surface area contributed by atoms with Crippen molar-refractivity contribution in [2.45, 2.75) is 33.5 Å². The predicted molar refractivity (Wildman–Crippen MR) is 133 cm³/mol. The van der Waals surface area contributed by atoms with E-state index >= 15 is 0 Å². The maximum Gasteiger partial charge on any atom is 0.231 e. The molecule has 0 amide bonds. The van der Waals surface area contributed by atoms with Crippen LogP contribution in [0.2, 0.25) is 0 Å². The molecule has 2 N–H and O–H groups in total. The van der Waals surface area contributed by atoms with E-state index in [9.17, 15) is 0 Å². The van der Waals surface area contributed by atoms with Crippen molar-refractivity contribution in [3.05, 3.63) is 83.4 Å². The van der Waals surface area contributed by atoms with Crippen molar-refractivity contribution >= 4 is 0 Å². The monoisotopic (exact) mass is 462 g/mol. The van der Waals surface area contributed by atoms with E-state index in [4.69, 9.17) is 24.7 Å². The molecule has 0 aliphatic carbocycles. The summed E-state index contributed by atoms with van der Waals surface area (Å²) in [6, 6.07) is 22.4. The van der Waals surface area contributed by atoms with Gasteiger partial charge in [-0.25, -0.2) is 0 Å². The Bertz CT molecular complexity index is 1090. The third-order valence-corrected chi connectivity index (χ3v) is 5.92. The van der Waals surface area contributed by atoms with E-state index in [-0.39, 0.29) is 12.2 Å². The number of hydrogen-bond acceptors (Lipinski definition) is 6. The molecule has 0 unspecified atom stereocenters. The minimum absolute atomic E-state index is 0.0147. The Morgan fingerprint density at radius 1 is 0.853 bits per heavy atom. The fraction of sp³-hybridized carbons (Fsp3) is 0.357. The number of benzene rings is 3. The highest BCUT2D eigenvalue weighted by Crippen LogP contribution is 2.34. The van der Waals surface area contributed by atoms with E-state index in [1.165, 1.54) is 5.56 Å². The first kappa shape index (κ1) is 23.9. The molecule has 1 aliphatic rings. The highest BCUT2D eigenvalue weighted by atomic mass is 16.7. The van der Waals surface area contributed by atoms with Crippen molar-refractivity contribution in [1.82, 2.24) is 4.90 Å². The van der Waals surface area contributed by atoms with E-state index in [0.717, 1.165) is 53.8 Å². The van der Waals surface area contributed by atoms with Gasteiger partial charge in [0.2, 0.25) is 6.79 Å². The Hall–Kier alpha value is -3.22. The molecule has 0 saturated heterocycles. The van der Waals surface area contributed by atoms with Crippen molar-refractivity contribution in [2.24, 2.45) is 11.1 Å². The third-order valence-electron chi connectivity index (χ3n) is 5.92. The lowest BCUT2D eigenvalue weighted by Crippen LogP contribution is -2.38. The molecule has 6 nitrogen and oxygen atoms in total. The second kappa shape index (κ2) is 10.8. The molecular formula is C28H34N2O4. The fourth-order valence-corrected chi connectivity index (χ4v) is 4.06. The second-order valence-electron chi connectivity index (χ2n) is 9.46. The van der Waals surface area contributed by atoms with E-state index in [1.54, 1.807) is 7.11 Å². The zero-order valence-corrected chi connectivity index (χ0v) is 20.3. The Labute approximate surface area is 202 Å². The standard InChI is InChI=1S/C28H34N2O4/c1-28(2,18-29)19-30(16-23-10-12-25-27(14-23)34-20-33-25)15-22-9-11-24(26(13-22)31-3)32-17-21-7-5-4-6-8-21/h4-14H,15-20,29H2,1-3H3. The van der Waals surface area contributed by atoms with Crippen LogP contribution in [0.15, 0.2) is 66.7 Å². The lowest BCUT2D eigenvalue weighted by Gasteiger charge is -2.32. The van der Waals surface area contributed by atoms with Crippen LogP contribution < -0.4 is 24.7 Å². The van der Waals surface area contributed by atoms with Gasteiger partial charge >= 0.3 is 0 Å². The van der Waals surface area contributed by atoms with Crippen LogP contribution in [-0.2, 0) is 19.7 Å². The summed E-state index contributed by atoms with van der Waals surface area (Å²) in [5, 5.41) is 0. The SMILES string of the molecule is COc1cc(CN(Cc2ccc3c(c2)OCO3)CC(C)(C)CN)ccc1OCc1ccccc1. The Morgan fingerprint density at radius 2 is 1.56 bits per heavy atom. The molecule has 0 aromatic heterocycles. The summed E-state index contributed by atoms with van der Waals surface area (Å²) in [6.45, 7) is 8.16. The number of hydrogen-bond donors (Lipinski definition) is 1. The number of rotatable bonds is 11. The van der Waals surface area contributed by atoms with Gasteiger partial charge in [0.15, 0.2) is 23.0 Å². The van der Waals surface area contributed by atoms with E-state index < -0.39 is 0 Å². The van der Waals surface area contributed by atoms with Crippen molar-refractivity contribution in [3.63, 3.8) is 0 Å². The van der Waals surface area contributed by atoms with Crippen molar-refractivity contribution in [2.75, 3.05) is 27.0 Å². The highest BCUT2D eigenvalue weighted by Gasteiger charge is 2.22. The Kier molecular flexibility index (Phi) is 7.60. The molecule has 180 valence electrons. The lowest BCUT2D eigenvalue weighted by molar-refractivity contribution is 0.167. The van der Waals surface area contributed by atoms with Crippen molar-refractivity contribution in [1.29, 1.82) is 0 Å². The van der Waals surface area contributed by atoms with Gasteiger partial charge < -0.3 is 24.7 Å². The second-order valence-corrected chi connectivity index (χ2v) is 9.46. The summed E-state index contributed by atoms with van der Waals surface area (Å²) in [4.78, 5) is 2.41. The first-order chi connectivity index (χ1) is 16.5. The summed E-state index contributed by atoms with van der Waals surface area (Å²) in [5.41, 5.74) is 9.49. The molecule has 0 spiro atoms. The van der Waals surface area contributed by atoms with Gasteiger partial charge in [-0.05, 0) is 52.9 Å². The van der Waals surface area contributed by atoms with Gasteiger partial charge in [-0.1, -0.05) is 56.3 Å². The van der Waals surface area contributed by atoms with Gasteiger partial charge in [0.1, 0.15) is 6.61 Å². The quantitative estimate of drug-likeness (QED) is 0.433. The van der Waals surface area contributed by atoms with Gasteiger partial charge in [0.25, 0.3) is 0 Å². The van der Waals surface area contributed by atoms with Gasteiger partial charge in [-0.3, -0.25) is 4.90 Å². The zero-order valence-electron chi connectivity index (χ0n) is 20.3. The minimum atomic E-state index is -0.0147. The molecule has 6 heteroatoms. The minimum Gasteiger partial charge on any atom is -0.493 e. The van der Waals surface area contributed by atoms with Gasteiger partial charge in [-0.15, -0.1) is 0 Å². The molecule has 0 atom stereocenters. The smallest absolute Gasteiger partial charge is 0.231 e. The van der Waals surface area contributed by atoms with Crippen LogP contribution in [0.1, 0.15) is 30.5 Å². The van der Waals surface area contributed by atoms with Crippen molar-refractivity contribution in [3.8, 4) is 23.0 Å². The molecule has 3 aromatic rings. The molecule has 0 bridgehead atoms. The summed E-state index contributed by atoms with van der Waals surface area (Å²) in [7, 11) is 1.68. The van der Waals surface area contributed by atoms with Crippen LogP contribution in [0, 0.1) is 5.41 Å². The maximum atomic E-state index is 6.06. The summed E-state index contributed by atoms with van der Waals surface area (Å²) < 4.78 is 22.7. The topological polar surface area (TPSA) is 66.2 Å². The maximum absolute atomic E-state index is 6.06. The molecule has 1 heterocycles. The average Bonchev–Trinajstić information content (AvgIpc) is 3.31. The summed E-state index contributed by atoms with van der Waals surface area (Å²) >= 11 is 0. The van der Waals surface area contributed by atoms with Crippen LogP contribution in [-0.4, -0.2) is 31.9 Å². The van der Waals surface area contributed by atoms with E-state index in [0.29, 0.717) is 13.2 Å². The highest BCUT2D eigenvalue weighted by molar-refractivity contribution is 5.45. The number of nitrogens with two attached hydrogens (primary N) is 1. The summed E-state index contributed by atoms with van der Waals surface area (Å²) in [5.74, 6) is 3.07. The molecule has 34 heavy (non-hydrogen) atoms. The molecular weight excluding hydrogens is 428 g/mol. The van der Waals surface area contributed by atoms with Gasteiger partial charge in [-0.2, -0.15) is 0 Å². The molecule has 0 radical (unpaired) electrons. The van der Waals surface area contributed by atoms with Crippen LogP contribution in [0.25, 0.3) is 0 Å². The first-order valence-electron chi connectivity index (χ1n) is 11.6. The third kappa shape index (κ3) is 6.22. The molecule has 3 aromatic carbocycles. The zero-order chi connectivity index (χ0) is 24.0. The lowest BCUT2D eigenvalue weighted by atomic mass is 9.92. The number of ether oxygens (including phenoxy) is 4. The van der Waals surface area contributed by atoms with Gasteiger partial charge in [0.05, 0.1) is 7.11 Å². The first-order valence-corrected chi connectivity index (χ1v) is 11.6. The average molecular weight is 463 g/mol. The molecule has 4 rings (SSSR count). The Morgan fingerprint density at radius 3 is 2.29 bits per heavy atom. The van der Waals surface area contributed by atoms with E-state index in [2.05, 4.69) is 43.0 Å². The largest absolute Gasteiger partial charge is 0.493 e. The molecule has 1 aliphatic heterocycles. The number of nitrogens with zero attached hydrogens (tertiary/aromatic N) is 1. The van der Waals surface area contributed by atoms with Crippen LogP contribution in [0.3, 0.4) is 0 Å². The van der Waals surface area contributed by atoms with E-state index in [1.807, 2.05) is 42.5 Å². The molecule has 0 fully saturated rings. The molecule has 0 saturated carbocycles. The van der Waals surface area contributed by atoms with Crippen LogP contribution >= 0.6 is 0 Å². The van der Waals surface area contributed by atoms with Gasteiger partial charge in [0, 0.05) is 19.6 Å². The van der Waals surface area contributed by atoms with Crippen LogP contribution in [0.5, 0.6) is 23.0 Å². The predicted octanol–water partition coefficient (Wildman–Crippen LogP) is 4.99. The van der Waals surface area contributed by atoms with Crippen molar-refractivity contribution < 1.29 is 18.9 Å². The number of methoxy groups -OCH3 is 1. The Balaban J connectivity index is 1.49.